The van der Waals surface area contributed by atoms with Crippen LogP contribution in [0.25, 0.3) is 0 Å². The fourth-order valence-electron chi connectivity index (χ4n) is 4.46. The highest BCUT2D eigenvalue weighted by molar-refractivity contribution is 7.88. The van der Waals surface area contributed by atoms with Gasteiger partial charge in [-0.05, 0) is 56.5 Å². The Morgan fingerprint density at radius 3 is 2.60 bits per heavy atom. The number of hydrogen-bond acceptors (Lipinski definition) is 7. The summed E-state index contributed by atoms with van der Waals surface area (Å²) in [4.78, 5) is 2.43. The largest absolute Gasteiger partial charge is 0.497 e. The van der Waals surface area contributed by atoms with Crippen LogP contribution in [0.3, 0.4) is 0 Å². The van der Waals surface area contributed by atoms with E-state index in [1.54, 1.807) is 7.11 Å². The maximum Gasteiger partial charge on any atom is 0.234 e. The number of piperidine rings is 2. The van der Waals surface area contributed by atoms with E-state index in [1.807, 2.05) is 12.1 Å². The molecule has 2 aliphatic heterocycles. The van der Waals surface area contributed by atoms with Gasteiger partial charge in [-0.3, -0.25) is 4.90 Å². The Balaban J connectivity index is 1.37. The highest BCUT2D eigenvalue weighted by atomic mass is 32.2. The molecule has 0 amide bonds. The molecule has 2 fully saturated rings. The maximum atomic E-state index is 12.1. The molecule has 4 rings (SSSR count). The highest BCUT2D eigenvalue weighted by Gasteiger charge is 2.35. The molecule has 164 valence electrons. The molecule has 1 atom stereocenters. The van der Waals surface area contributed by atoms with Crippen molar-refractivity contribution in [2.45, 2.75) is 50.6 Å². The standard InChI is InChI=1S/C21H30N4O4S/c1-28-18-7-5-6-16(14-18)15-24-12-9-17(10-13-24)20-22-23-21(29-20)19-8-3-4-11-25(19)30(2,26)27/h5-7,14,17,19H,3-4,8-13,15H2,1-2H3/t19-/m0/s1. The van der Waals surface area contributed by atoms with E-state index in [1.165, 1.54) is 16.1 Å². The predicted octanol–water partition coefficient (Wildman–Crippen LogP) is 2.94. The van der Waals surface area contributed by atoms with Gasteiger partial charge in [-0.15, -0.1) is 10.2 Å². The van der Waals surface area contributed by atoms with E-state index >= 15 is 0 Å². The molecule has 0 unspecified atom stereocenters. The van der Waals surface area contributed by atoms with Crippen LogP contribution in [0.2, 0.25) is 0 Å². The van der Waals surface area contributed by atoms with Crippen LogP contribution >= 0.6 is 0 Å². The van der Waals surface area contributed by atoms with Crippen molar-refractivity contribution < 1.29 is 17.6 Å². The molecule has 9 heteroatoms. The second-order valence-electron chi connectivity index (χ2n) is 8.27. The molecule has 1 aromatic heterocycles. The molecule has 1 aromatic carbocycles. The molecule has 3 heterocycles. The molecule has 2 aromatic rings. The van der Waals surface area contributed by atoms with Crippen molar-refractivity contribution in [1.82, 2.24) is 19.4 Å². The molecular formula is C21H30N4O4S. The van der Waals surface area contributed by atoms with Crippen LogP contribution in [0.15, 0.2) is 28.7 Å². The van der Waals surface area contributed by atoms with Crippen LogP contribution in [-0.2, 0) is 16.6 Å². The van der Waals surface area contributed by atoms with Crippen molar-refractivity contribution >= 4 is 10.0 Å². The van der Waals surface area contributed by atoms with E-state index in [-0.39, 0.29) is 12.0 Å². The average Bonchev–Trinajstić information content (AvgIpc) is 3.24. The summed E-state index contributed by atoms with van der Waals surface area (Å²) >= 11 is 0. The number of rotatable bonds is 6. The van der Waals surface area contributed by atoms with Crippen LogP contribution in [-0.4, -0.2) is 60.8 Å². The summed E-state index contributed by atoms with van der Waals surface area (Å²) in [5.41, 5.74) is 1.24. The number of aromatic nitrogens is 2. The molecule has 0 aliphatic carbocycles. The third kappa shape index (κ3) is 4.84. The van der Waals surface area contributed by atoms with Gasteiger partial charge in [0.2, 0.25) is 21.8 Å². The molecule has 2 saturated heterocycles. The van der Waals surface area contributed by atoms with Crippen molar-refractivity contribution in [2.24, 2.45) is 0 Å². The zero-order valence-corrected chi connectivity index (χ0v) is 18.5. The van der Waals surface area contributed by atoms with Gasteiger partial charge >= 0.3 is 0 Å². The van der Waals surface area contributed by atoms with Gasteiger partial charge in [0, 0.05) is 19.0 Å². The van der Waals surface area contributed by atoms with Crippen LogP contribution in [0, 0.1) is 0 Å². The fraction of sp³-hybridized carbons (Fsp3) is 0.619. The Kier molecular flexibility index (Phi) is 6.40. The van der Waals surface area contributed by atoms with E-state index in [4.69, 9.17) is 9.15 Å². The van der Waals surface area contributed by atoms with Crippen molar-refractivity contribution in [3.8, 4) is 5.75 Å². The van der Waals surface area contributed by atoms with E-state index in [0.29, 0.717) is 18.3 Å². The number of methoxy groups -OCH3 is 1. The van der Waals surface area contributed by atoms with E-state index in [0.717, 1.165) is 57.5 Å². The van der Waals surface area contributed by atoms with E-state index in [2.05, 4.69) is 27.2 Å². The second kappa shape index (κ2) is 9.03. The molecule has 0 bridgehead atoms. The lowest BCUT2D eigenvalue weighted by Gasteiger charge is -2.31. The smallest absolute Gasteiger partial charge is 0.234 e. The lowest BCUT2D eigenvalue weighted by atomic mass is 9.96. The minimum atomic E-state index is -3.29. The van der Waals surface area contributed by atoms with Gasteiger partial charge < -0.3 is 9.15 Å². The van der Waals surface area contributed by atoms with Crippen molar-refractivity contribution in [1.29, 1.82) is 0 Å². The number of likely N-dealkylation sites (tertiary alicyclic amines) is 1. The SMILES string of the molecule is COc1cccc(CN2CCC(c3nnc([C@@H]4CCCCN4S(C)(=O)=O)o3)CC2)c1. The Hall–Kier alpha value is -1.97. The first-order valence-electron chi connectivity index (χ1n) is 10.6. The number of benzene rings is 1. The summed E-state index contributed by atoms with van der Waals surface area (Å²) in [5, 5.41) is 8.52. The van der Waals surface area contributed by atoms with Crippen LogP contribution in [0.1, 0.15) is 61.4 Å². The van der Waals surface area contributed by atoms with Gasteiger partial charge in [0.15, 0.2) is 0 Å². The summed E-state index contributed by atoms with van der Waals surface area (Å²) < 4.78 is 37.1. The Labute approximate surface area is 178 Å². The highest BCUT2D eigenvalue weighted by Crippen LogP contribution is 2.34. The number of ether oxygens (including phenoxy) is 1. The Morgan fingerprint density at radius 1 is 1.10 bits per heavy atom. The van der Waals surface area contributed by atoms with Crippen LogP contribution in [0.5, 0.6) is 5.75 Å². The van der Waals surface area contributed by atoms with Crippen molar-refractivity contribution in [2.75, 3.05) is 33.0 Å². The Bertz CT molecular complexity index is 953. The van der Waals surface area contributed by atoms with Gasteiger partial charge in [-0.2, -0.15) is 4.31 Å². The third-order valence-corrected chi connectivity index (χ3v) is 7.39. The molecule has 8 nitrogen and oxygen atoms in total. The average molecular weight is 435 g/mol. The summed E-state index contributed by atoms with van der Waals surface area (Å²) in [6.07, 6.45) is 5.72. The molecule has 2 aliphatic rings. The quantitative estimate of drug-likeness (QED) is 0.690. The second-order valence-corrected chi connectivity index (χ2v) is 10.2. The topological polar surface area (TPSA) is 88.8 Å². The molecule has 0 spiro atoms. The van der Waals surface area contributed by atoms with E-state index < -0.39 is 10.0 Å². The number of hydrogen-bond donors (Lipinski definition) is 0. The molecule has 0 radical (unpaired) electrons. The predicted molar refractivity (Wildman–Crippen MR) is 113 cm³/mol. The van der Waals surface area contributed by atoms with Crippen molar-refractivity contribution in [3.05, 3.63) is 41.6 Å². The van der Waals surface area contributed by atoms with Gasteiger partial charge in [0.25, 0.3) is 0 Å². The lowest BCUT2D eigenvalue weighted by Crippen LogP contribution is -2.37. The zero-order chi connectivity index (χ0) is 21.1. The summed E-state index contributed by atoms with van der Waals surface area (Å²) in [7, 11) is -1.60. The monoisotopic (exact) mass is 434 g/mol. The Morgan fingerprint density at radius 2 is 1.87 bits per heavy atom. The summed E-state index contributed by atoms with van der Waals surface area (Å²) in [6, 6.07) is 7.85. The molecule has 0 N–H and O–H groups in total. The van der Waals surface area contributed by atoms with Gasteiger partial charge in [-0.1, -0.05) is 18.6 Å². The fourth-order valence-corrected chi connectivity index (χ4v) is 5.58. The minimum Gasteiger partial charge on any atom is -0.497 e. The van der Waals surface area contributed by atoms with E-state index in [9.17, 15) is 8.42 Å². The van der Waals surface area contributed by atoms with Gasteiger partial charge in [-0.25, -0.2) is 8.42 Å². The zero-order valence-electron chi connectivity index (χ0n) is 17.7. The lowest BCUT2D eigenvalue weighted by molar-refractivity contribution is 0.184. The molecule has 30 heavy (non-hydrogen) atoms. The first kappa shape index (κ1) is 21.3. The maximum absolute atomic E-state index is 12.1. The summed E-state index contributed by atoms with van der Waals surface area (Å²) in [6.45, 7) is 3.32. The first-order chi connectivity index (χ1) is 14.4. The van der Waals surface area contributed by atoms with Crippen LogP contribution in [0.4, 0.5) is 0 Å². The molecular weight excluding hydrogens is 404 g/mol. The van der Waals surface area contributed by atoms with Gasteiger partial charge in [0.1, 0.15) is 11.8 Å². The molecule has 0 saturated carbocycles. The minimum absolute atomic E-state index is 0.225. The number of nitrogens with zero attached hydrogens (tertiary/aromatic N) is 4. The first-order valence-corrected chi connectivity index (χ1v) is 12.4. The third-order valence-electron chi connectivity index (χ3n) is 6.10. The van der Waals surface area contributed by atoms with Gasteiger partial charge in [0.05, 0.1) is 13.4 Å². The van der Waals surface area contributed by atoms with Crippen LogP contribution < -0.4 is 4.74 Å². The summed E-state index contributed by atoms with van der Waals surface area (Å²) in [5.74, 6) is 2.19. The van der Waals surface area contributed by atoms with Crippen molar-refractivity contribution in [3.63, 3.8) is 0 Å². The number of sulfonamides is 1. The normalized spacial score (nSPS) is 22.3.